The van der Waals surface area contributed by atoms with E-state index in [9.17, 15) is 14.4 Å². The third kappa shape index (κ3) is 6.44. The standard InChI is InChI=1S/C31H40N4O4/c36-28(32-20-25-10-4-1-5-11-25)21-34-24-35(27-14-8-3-9-15-27)31(30(34)38)16-18-33(19-17-31)29(37)23-39-22-26-12-6-2-7-13-26/h2-3,6-9,12-15,25H,1,4-5,10-11,16-24H2,(H,32,36). The molecule has 3 fully saturated rings. The van der Waals surface area contributed by atoms with Crippen LogP contribution in [0.25, 0.3) is 0 Å². The highest BCUT2D eigenvalue weighted by Crippen LogP contribution is 2.39. The van der Waals surface area contributed by atoms with Crippen molar-refractivity contribution in [1.29, 1.82) is 0 Å². The first kappa shape index (κ1) is 27.2. The Morgan fingerprint density at radius 3 is 2.28 bits per heavy atom. The number of rotatable bonds is 9. The zero-order valence-electron chi connectivity index (χ0n) is 22.7. The second-order valence-corrected chi connectivity index (χ2v) is 11.1. The molecular formula is C31H40N4O4. The van der Waals surface area contributed by atoms with Gasteiger partial charge in [0.25, 0.3) is 5.91 Å². The van der Waals surface area contributed by atoms with E-state index < -0.39 is 5.54 Å². The van der Waals surface area contributed by atoms with Crippen LogP contribution in [-0.2, 0) is 25.7 Å². The number of nitrogens with zero attached hydrogens (tertiary/aromatic N) is 3. The zero-order chi connectivity index (χ0) is 27.1. The molecule has 1 saturated carbocycles. The highest BCUT2D eigenvalue weighted by molar-refractivity contribution is 5.96. The Morgan fingerprint density at radius 1 is 0.923 bits per heavy atom. The highest BCUT2D eigenvalue weighted by atomic mass is 16.5. The quantitative estimate of drug-likeness (QED) is 0.534. The molecule has 208 valence electrons. The van der Waals surface area contributed by atoms with Crippen molar-refractivity contribution in [2.75, 3.05) is 44.4 Å². The van der Waals surface area contributed by atoms with Gasteiger partial charge in [-0.3, -0.25) is 14.4 Å². The van der Waals surface area contributed by atoms with Crippen molar-refractivity contribution in [3.8, 4) is 0 Å². The summed E-state index contributed by atoms with van der Waals surface area (Å²) in [5.74, 6) is 0.368. The number of hydrogen-bond acceptors (Lipinski definition) is 5. The molecule has 3 aliphatic rings. The normalized spacial score (nSPS) is 19.5. The Kier molecular flexibility index (Phi) is 8.81. The van der Waals surface area contributed by atoms with Crippen molar-refractivity contribution < 1.29 is 19.1 Å². The first-order valence-corrected chi connectivity index (χ1v) is 14.3. The Morgan fingerprint density at radius 2 is 1.59 bits per heavy atom. The second kappa shape index (κ2) is 12.6. The first-order chi connectivity index (χ1) is 19.0. The van der Waals surface area contributed by atoms with Crippen LogP contribution in [0.4, 0.5) is 5.69 Å². The molecule has 1 N–H and O–H groups in total. The summed E-state index contributed by atoms with van der Waals surface area (Å²) in [6.45, 7) is 2.49. The highest BCUT2D eigenvalue weighted by Gasteiger charge is 2.54. The number of para-hydroxylation sites is 1. The predicted octanol–water partition coefficient (Wildman–Crippen LogP) is 3.57. The van der Waals surface area contributed by atoms with Gasteiger partial charge in [-0.25, -0.2) is 0 Å². The van der Waals surface area contributed by atoms with Gasteiger partial charge in [-0.05, 0) is 49.3 Å². The number of nitrogens with one attached hydrogen (secondary N) is 1. The van der Waals surface area contributed by atoms with Crippen LogP contribution in [0.15, 0.2) is 60.7 Å². The van der Waals surface area contributed by atoms with Crippen molar-refractivity contribution in [3.63, 3.8) is 0 Å². The van der Waals surface area contributed by atoms with Crippen LogP contribution in [0.1, 0.15) is 50.5 Å². The number of benzene rings is 2. The molecule has 2 aliphatic heterocycles. The fourth-order valence-corrected chi connectivity index (χ4v) is 6.25. The van der Waals surface area contributed by atoms with E-state index in [1.807, 2.05) is 60.7 Å². The molecule has 2 heterocycles. The lowest BCUT2D eigenvalue weighted by Gasteiger charge is -2.43. The minimum Gasteiger partial charge on any atom is -0.367 e. The summed E-state index contributed by atoms with van der Waals surface area (Å²) in [5, 5.41) is 3.08. The number of likely N-dealkylation sites (tertiary alicyclic amines) is 1. The second-order valence-electron chi connectivity index (χ2n) is 11.1. The zero-order valence-corrected chi connectivity index (χ0v) is 22.7. The summed E-state index contributed by atoms with van der Waals surface area (Å²) in [7, 11) is 0. The molecular weight excluding hydrogens is 492 g/mol. The average molecular weight is 533 g/mol. The Labute approximate surface area is 231 Å². The molecule has 1 spiro atoms. The van der Waals surface area contributed by atoms with E-state index in [0.717, 1.165) is 11.3 Å². The number of anilines is 1. The summed E-state index contributed by atoms with van der Waals surface area (Å²) >= 11 is 0. The Balaban J connectivity index is 1.19. The van der Waals surface area contributed by atoms with E-state index in [4.69, 9.17) is 4.74 Å². The SMILES string of the molecule is O=C(CN1CN(c2ccccc2)C2(CCN(C(=O)COCc3ccccc3)CC2)C1=O)NCC1CCCCC1. The number of amides is 3. The Hall–Kier alpha value is -3.39. The van der Waals surface area contributed by atoms with Crippen molar-refractivity contribution in [3.05, 3.63) is 66.2 Å². The van der Waals surface area contributed by atoms with Gasteiger partial charge in [0.05, 0.1) is 13.3 Å². The molecule has 0 unspecified atom stereocenters. The number of carbonyl (C=O) groups is 3. The summed E-state index contributed by atoms with van der Waals surface area (Å²) < 4.78 is 5.67. The minimum absolute atomic E-state index is 0.0194. The fraction of sp³-hybridized carbons (Fsp3) is 0.516. The molecule has 0 atom stereocenters. The fourth-order valence-electron chi connectivity index (χ4n) is 6.25. The molecule has 8 nitrogen and oxygen atoms in total. The first-order valence-electron chi connectivity index (χ1n) is 14.3. The summed E-state index contributed by atoms with van der Waals surface area (Å²) in [6, 6.07) is 19.7. The maximum Gasteiger partial charge on any atom is 0.250 e. The molecule has 2 saturated heterocycles. The molecule has 5 rings (SSSR count). The van der Waals surface area contributed by atoms with Crippen molar-refractivity contribution in [2.45, 2.75) is 57.1 Å². The van der Waals surface area contributed by atoms with Crippen molar-refractivity contribution in [2.24, 2.45) is 5.92 Å². The van der Waals surface area contributed by atoms with Gasteiger partial charge in [-0.1, -0.05) is 67.8 Å². The maximum absolute atomic E-state index is 13.9. The molecule has 1 aliphatic carbocycles. The van der Waals surface area contributed by atoms with Gasteiger partial charge in [0.2, 0.25) is 11.8 Å². The van der Waals surface area contributed by atoms with Gasteiger partial charge >= 0.3 is 0 Å². The lowest BCUT2D eigenvalue weighted by atomic mass is 9.85. The van der Waals surface area contributed by atoms with Crippen LogP contribution in [0, 0.1) is 5.92 Å². The summed E-state index contributed by atoms with van der Waals surface area (Å²) in [6.07, 6.45) is 7.13. The van der Waals surface area contributed by atoms with E-state index >= 15 is 0 Å². The predicted molar refractivity (Wildman–Crippen MR) is 150 cm³/mol. The molecule has 0 radical (unpaired) electrons. The van der Waals surface area contributed by atoms with Crippen molar-refractivity contribution in [1.82, 2.24) is 15.1 Å². The molecule has 0 aromatic heterocycles. The summed E-state index contributed by atoms with van der Waals surface area (Å²) in [5.41, 5.74) is 1.23. The van der Waals surface area contributed by atoms with Gasteiger partial charge in [0, 0.05) is 25.3 Å². The van der Waals surface area contributed by atoms with Gasteiger partial charge in [-0.15, -0.1) is 0 Å². The summed E-state index contributed by atoms with van der Waals surface area (Å²) in [4.78, 5) is 45.2. The van der Waals surface area contributed by atoms with Crippen LogP contribution in [0.5, 0.6) is 0 Å². The average Bonchev–Trinajstić information content (AvgIpc) is 3.24. The number of carbonyl (C=O) groups excluding carboxylic acids is 3. The minimum atomic E-state index is -0.757. The van der Waals surface area contributed by atoms with E-state index in [-0.39, 0.29) is 30.9 Å². The molecule has 39 heavy (non-hydrogen) atoms. The van der Waals surface area contributed by atoms with Crippen LogP contribution in [0.3, 0.4) is 0 Å². The van der Waals surface area contributed by atoms with Gasteiger partial charge in [0.1, 0.15) is 18.7 Å². The largest absolute Gasteiger partial charge is 0.367 e. The number of piperidine rings is 1. The monoisotopic (exact) mass is 532 g/mol. The van der Waals surface area contributed by atoms with Gasteiger partial charge < -0.3 is 24.8 Å². The number of ether oxygens (including phenoxy) is 1. The van der Waals surface area contributed by atoms with Crippen LogP contribution in [0.2, 0.25) is 0 Å². The lowest BCUT2D eigenvalue weighted by Crippen LogP contribution is -2.57. The van der Waals surface area contributed by atoms with Crippen molar-refractivity contribution >= 4 is 23.4 Å². The third-order valence-corrected chi connectivity index (χ3v) is 8.51. The van der Waals surface area contributed by atoms with Crippen LogP contribution in [-0.4, -0.2) is 72.5 Å². The van der Waals surface area contributed by atoms with E-state index in [1.54, 1.807) is 9.80 Å². The van der Waals surface area contributed by atoms with E-state index in [0.29, 0.717) is 51.7 Å². The van der Waals surface area contributed by atoms with E-state index in [1.165, 1.54) is 32.1 Å². The topological polar surface area (TPSA) is 82.2 Å². The van der Waals surface area contributed by atoms with Crippen LogP contribution >= 0.6 is 0 Å². The van der Waals surface area contributed by atoms with Crippen LogP contribution < -0.4 is 10.2 Å². The smallest absolute Gasteiger partial charge is 0.250 e. The number of hydrogen-bond donors (Lipinski definition) is 1. The Bertz CT molecular complexity index is 1110. The molecule has 2 aromatic carbocycles. The molecule has 3 amide bonds. The molecule has 0 bridgehead atoms. The maximum atomic E-state index is 13.9. The molecule has 2 aromatic rings. The van der Waals surface area contributed by atoms with Gasteiger partial charge in [0.15, 0.2) is 0 Å². The third-order valence-electron chi connectivity index (χ3n) is 8.51. The van der Waals surface area contributed by atoms with E-state index in [2.05, 4.69) is 10.2 Å². The molecule has 8 heteroatoms. The van der Waals surface area contributed by atoms with Gasteiger partial charge in [-0.2, -0.15) is 0 Å². The lowest BCUT2D eigenvalue weighted by molar-refractivity contribution is -0.142.